The van der Waals surface area contributed by atoms with E-state index in [1.54, 1.807) is 72.5 Å². The molecule has 0 saturated heterocycles. The molecule has 2 heterocycles. The topological polar surface area (TPSA) is 128 Å². The van der Waals surface area contributed by atoms with Gasteiger partial charge in [-0.1, -0.05) is 0 Å². The van der Waals surface area contributed by atoms with Gasteiger partial charge in [0.2, 0.25) is 11.8 Å². The number of amides is 1. The van der Waals surface area contributed by atoms with Gasteiger partial charge in [0.1, 0.15) is 12.1 Å². The fourth-order valence-electron chi connectivity index (χ4n) is 3.07. The molecule has 4 aromatic rings. The fraction of sp³-hybridized carbons (Fsp3) is 0.0909. The zero-order valence-corrected chi connectivity index (χ0v) is 18.6. The van der Waals surface area contributed by atoms with Crippen LogP contribution in [0.5, 0.6) is 11.6 Å². The first-order valence-corrected chi connectivity index (χ1v) is 11.3. The van der Waals surface area contributed by atoms with Crippen molar-refractivity contribution in [1.82, 2.24) is 19.7 Å². The van der Waals surface area contributed by atoms with Crippen LogP contribution in [0.25, 0.3) is 5.82 Å². The number of carbonyl (C=O) groups excluding carboxylic acids is 1. The van der Waals surface area contributed by atoms with Crippen molar-refractivity contribution in [3.05, 3.63) is 78.9 Å². The summed E-state index contributed by atoms with van der Waals surface area (Å²) in [5, 5.41) is 6.75. The predicted molar refractivity (Wildman–Crippen MR) is 122 cm³/mol. The zero-order valence-electron chi connectivity index (χ0n) is 17.8. The maximum Gasteiger partial charge on any atom is 0.262 e. The minimum absolute atomic E-state index is 0.115. The Hall–Kier alpha value is -4.25. The average molecular weight is 465 g/mol. The SMILES string of the molecule is CC(=O)Nc1ccc(S(=O)(=O)Nc2ccc(Oc3cc(-n4cccn4)ncn3)cc2)c(C)c1. The van der Waals surface area contributed by atoms with E-state index in [2.05, 4.69) is 25.1 Å². The van der Waals surface area contributed by atoms with E-state index in [9.17, 15) is 13.2 Å². The Morgan fingerprint density at radius 3 is 2.45 bits per heavy atom. The molecule has 10 nitrogen and oxygen atoms in total. The molecule has 0 bridgehead atoms. The van der Waals surface area contributed by atoms with Crippen LogP contribution in [0.2, 0.25) is 0 Å². The van der Waals surface area contributed by atoms with Crippen molar-refractivity contribution in [3.8, 4) is 17.4 Å². The molecule has 0 unspecified atom stereocenters. The normalized spacial score (nSPS) is 11.1. The first kappa shape index (κ1) is 22.0. The lowest BCUT2D eigenvalue weighted by Gasteiger charge is -2.12. The number of anilines is 2. The smallest absolute Gasteiger partial charge is 0.262 e. The molecule has 168 valence electrons. The highest BCUT2D eigenvalue weighted by Crippen LogP contribution is 2.25. The maximum atomic E-state index is 12.8. The summed E-state index contributed by atoms with van der Waals surface area (Å²) in [6, 6.07) is 14.4. The van der Waals surface area contributed by atoms with E-state index in [-0.39, 0.29) is 10.8 Å². The largest absolute Gasteiger partial charge is 0.439 e. The van der Waals surface area contributed by atoms with Gasteiger partial charge in [-0.25, -0.2) is 23.1 Å². The molecule has 11 heteroatoms. The Bertz CT molecular complexity index is 1390. The van der Waals surface area contributed by atoms with Gasteiger partial charge in [0, 0.05) is 36.8 Å². The number of aromatic nitrogens is 4. The molecule has 4 rings (SSSR count). The first-order valence-electron chi connectivity index (χ1n) is 9.81. The van der Waals surface area contributed by atoms with Gasteiger partial charge in [-0.2, -0.15) is 5.10 Å². The van der Waals surface area contributed by atoms with Crippen molar-refractivity contribution >= 4 is 27.3 Å². The quantitative estimate of drug-likeness (QED) is 0.428. The summed E-state index contributed by atoms with van der Waals surface area (Å²) >= 11 is 0. The number of ether oxygens (including phenoxy) is 1. The number of hydrogen-bond acceptors (Lipinski definition) is 7. The van der Waals surface area contributed by atoms with Crippen molar-refractivity contribution < 1.29 is 17.9 Å². The van der Waals surface area contributed by atoms with Crippen LogP contribution in [0.15, 0.2) is 78.2 Å². The minimum Gasteiger partial charge on any atom is -0.439 e. The van der Waals surface area contributed by atoms with E-state index in [0.29, 0.717) is 34.4 Å². The van der Waals surface area contributed by atoms with Gasteiger partial charge in [0.05, 0.1) is 4.90 Å². The van der Waals surface area contributed by atoms with E-state index >= 15 is 0 Å². The van der Waals surface area contributed by atoms with Crippen LogP contribution in [0.1, 0.15) is 12.5 Å². The summed E-state index contributed by atoms with van der Waals surface area (Å²) in [6.07, 6.45) is 4.76. The van der Waals surface area contributed by atoms with E-state index in [1.807, 2.05) is 0 Å². The Morgan fingerprint density at radius 2 is 1.79 bits per heavy atom. The van der Waals surface area contributed by atoms with E-state index in [0.717, 1.165) is 0 Å². The highest BCUT2D eigenvalue weighted by Gasteiger charge is 2.17. The van der Waals surface area contributed by atoms with Crippen LogP contribution < -0.4 is 14.8 Å². The van der Waals surface area contributed by atoms with Crippen LogP contribution in [0.3, 0.4) is 0 Å². The Kier molecular flexibility index (Phi) is 6.05. The Labute approximate surface area is 190 Å². The average Bonchev–Trinajstić information content (AvgIpc) is 3.30. The molecule has 0 aliphatic heterocycles. The second kappa shape index (κ2) is 9.09. The first-order chi connectivity index (χ1) is 15.8. The molecule has 2 N–H and O–H groups in total. The summed E-state index contributed by atoms with van der Waals surface area (Å²) in [6.45, 7) is 3.05. The van der Waals surface area contributed by atoms with Crippen molar-refractivity contribution in [2.75, 3.05) is 10.0 Å². The number of benzene rings is 2. The summed E-state index contributed by atoms with van der Waals surface area (Å²) in [4.78, 5) is 19.5. The maximum absolute atomic E-state index is 12.8. The summed E-state index contributed by atoms with van der Waals surface area (Å²) in [5.74, 6) is 1.11. The van der Waals surface area contributed by atoms with Gasteiger partial charge in [-0.05, 0) is 61.0 Å². The Balaban J connectivity index is 1.46. The van der Waals surface area contributed by atoms with Crippen LogP contribution >= 0.6 is 0 Å². The fourth-order valence-corrected chi connectivity index (χ4v) is 4.36. The van der Waals surface area contributed by atoms with Gasteiger partial charge in [0.15, 0.2) is 5.82 Å². The molecule has 0 aliphatic rings. The van der Waals surface area contributed by atoms with Gasteiger partial charge in [-0.15, -0.1) is 0 Å². The van der Waals surface area contributed by atoms with Crippen molar-refractivity contribution in [1.29, 1.82) is 0 Å². The molecule has 0 spiro atoms. The van der Waals surface area contributed by atoms with Crippen molar-refractivity contribution in [2.45, 2.75) is 18.7 Å². The zero-order chi connectivity index (χ0) is 23.4. The molecule has 2 aromatic carbocycles. The lowest BCUT2D eigenvalue weighted by atomic mass is 10.2. The lowest BCUT2D eigenvalue weighted by molar-refractivity contribution is -0.114. The molecule has 0 fully saturated rings. The predicted octanol–water partition coefficient (Wildman–Crippen LogP) is 3.52. The number of nitrogens with zero attached hydrogens (tertiary/aromatic N) is 4. The monoisotopic (exact) mass is 464 g/mol. The lowest BCUT2D eigenvalue weighted by Crippen LogP contribution is -2.14. The molecule has 1 amide bonds. The summed E-state index contributed by atoms with van der Waals surface area (Å²) in [7, 11) is -3.83. The minimum atomic E-state index is -3.83. The van der Waals surface area contributed by atoms with Crippen molar-refractivity contribution in [3.63, 3.8) is 0 Å². The molecule has 2 aromatic heterocycles. The van der Waals surface area contributed by atoms with E-state index in [4.69, 9.17) is 4.74 Å². The van der Waals surface area contributed by atoms with Crippen molar-refractivity contribution in [2.24, 2.45) is 0 Å². The number of aryl methyl sites for hydroxylation is 1. The van der Waals surface area contributed by atoms with Gasteiger partial charge in [-0.3, -0.25) is 9.52 Å². The molecule has 0 atom stereocenters. The highest BCUT2D eigenvalue weighted by atomic mass is 32.2. The third kappa shape index (κ3) is 5.33. The standard InChI is InChI=1S/C22H20N6O4S/c1-15-12-18(26-16(2)29)6-9-20(15)33(30,31)27-17-4-7-19(8-5-17)32-22-13-21(23-14-24-22)28-11-3-10-25-28/h3-14,27H,1-2H3,(H,26,29). The Morgan fingerprint density at radius 1 is 1.03 bits per heavy atom. The molecule has 0 saturated carbocycles. The second-order valence-electron chi connectivity index (χ2n) is 7.06. The number of nitrogens with one attached hydrogen (secondary N) is 2. The van der Waals surface area contributed by atoms with Gasteiger partial charge < -0.3 is 10.1 Å². The van der Waals surface area contributed by atoms with Crippen LogP contribution in [-0.4, -0.2) is 34.1 Å². The number of sulfonamides is 1. The molecular formula is C22H20N6O4S. The van der Waals surface area contributed by atoms with E-state index < -0.39 is 10.0 Å². The van der Waals surface area contributed by atoms with Crippen LogP contribution in [-0.2, 0) is 14.8 Å². The summed E-state index contributed by atoms with van der Waals surface area (Å²) in [5.41, 5.74) is 1.40. The third-order valence-corrected chi connectivity index (χ3v) is 6.02. The van der Waals surface area contributed by atoms with E-state index in [1.165, 1.54) is 19.3 Å². The van der Waals surface area contributed by atoms with Gasteiger partial charge >= 0.3 is 0 Å². The number of hydrogen-bond donors (Lipinski definition) is 2. The summed E-state index contributed by atoms with van der Waals surface area (Å²) < 4.78 is 35.5. The highest BCUT2D eigenvalue weighted by molar-refractivity contribution is 7.92. The molecule has 0 aliphatic carbocycles. The molecule has 0 radical (unpaired) electrons. The second-order valence-corrected chi connectivity index (χ2v) is 8.71. The van der Waals surface area contributed by atoms with Gasteiger partial charge in [0.25, 0.3) is 10.0 Å². The number of rotatable bonds is 7. The number of carbonyl (C=O) groups is 1. The molecular weight excluding hydrogens is 444 g/mol. The van der Waals surface area contributed by atoms with Crippen LogP contribution in [0, 0.1) is 6.92 Å². The molecule has 33 heavy (non-hydrogen) atoms. The third-order valence-electron chi connectivity index (χ3n) is 4.48. The van der Waals surface area contributed by atoms with Crippen LogP contribution in [0.4, 0.5) is 11.4 Å².